The number of nitrogens with one attached hydrogen (secondary N) is 2. The molecule has 2 amide bonds. The number of halogens is 1. The number of hydrogen-bond acceptors (Lipinski definition) is 2. The number of anilines is 1. The van der Waals surface area contributed by atoms with E-state index in [0.717, 1.165) is 42.1 Å². The summed E-state index contributed by atoms with van der Waals surface area (Å²) in [5.74, 6) is -0.353. The first-order valence-corrected chi connectivity index (χ1v) is 9.95. The summed E-state index contributed by atoms with van der Waals surface area (Å²) in [6.07, 6.45) is 3.97. The molecule has 2 N–H and O–H groups in total. The molecule has 1 aromatic heterocycles. The Kier molecular flexibility index (Phi) is 5.34. The fourth-order valence-corrected chi connectivity index (χ4v) is 3.97. The van der Waals surface area contributed by atoms with Crippen LogP contribution in [0.4, 0.5) is 14.9 Å². The van der Waals surface area contributed by atoms with E-state index in [2.05, 4.69) is 10.3 Å². The number of nitrogens with zero attached hydrogens (tertiary/aromatic N) is 1. The second-order valence-corrected chi connectivity index (χ2v) is 7.72. The first-order valence-electron chi connectivity index (χ1n) is 9.95. The Bertz CT molecular complexity index is 1090. The van der Waals surface area contributed by atoms with Crippen molar-refractivity contribution in [1.82, 2.24) is 9.88 Å². The molecule has 2 aromatic carbocycles. The predicted octanol–water partition coefficient (Wildman–Crippen LogP) is 4.95. The lowest BCUT2D eigenvalue weighted by molar-refractivity contribution is 0.184. The average molecular weight is 393 g/mol. The third-order valence-electron chi connectivity index (χ3n) is 5.54. The van der Waals surface area contributed by atoms with Crippen LogP contribution < -0.4 is 10.9 Å². The third-order valence-corrected chi connectivity index (χ3v) is 5.54. The van der Waals surface area contributed by atoms with Crippen LogP contribution in [0.25, 0.3) is 10.9 Å². The zero-order chi connectivity index (χ0) is 20.4. The highest BCUT2D eigenvalue weighted by Crippen LogP contribution is 2.26. The monoisotopic (exact) mass is 393 g/mol. The predicted molar refractivity (Wildman–Crippen MR) is 113 cm³/mol. The van der Waals surface area contributed by atoms with Gasteiger partial charge in [-0.25, -0.2) is 9.18 Å². The van der Waals surface area contributed by atoms with Crippen molar-refractivity contribution in [2.45, 2.75) is 45.2 Å². The molecular weight excluding hydrogens is 369 g/mol. The molecule has 29 heavy (non-hydrogen) atoms. The van der Waals surface area contributed by atoms with Gasteiger partial charge in [-0.1, -0.05) is 25.0 Å². The molecule has 5 nitrogen and oxygen atoms in total. The largest absolute Gasteiger partial charge is 0.322 e. The van der Waals surface area contributed by atoms with E-state index in [9.17, 15) is 14.0 Å². The minimum absolute atomic E-state index is 0.0866. The molecule has 0 saturated heterocycles. The lowest BCUT2D eigenvalue weighted by atomic mass is 10.1. The summed E-state index contributed by atoms with van der Waals surface area (Å²) in [4.78, 5) is 30.3. The highest BCUT2D eigenvalue weighted by molar-refractivity contribution is 5.89. The van der Waals surface area contributed by atoms with Crippen LogP contribution in [-0.4, -0.2) is 22.0 Å². The van der Waals surface area contributed by atoms with E-state index in [1.807, 2.05) is 31.2 Å². The topological polar surface area (TPSA) is 65.2 Å². The van der Waals surface area contributed by atoms with Crippen LogP contribution in [0, 0.1) is 12.7 Å². The van der Waals surface area contributed by atoms with Gasteiger partial charge in [-0.3, -0.25) is 4.79 Å². The molecule has 0 radical (unpaired) electrons. The minimum atomic E-state index is -0.353. The zero-order valence-corrected chi connectivity index (χ0v) is 16.4. The van der Waals surface area contributed by atoms with Gasteiger partial charge < -0.3 is 15.2 Å². The van der Waals surface area contributed by atoms with Crippen molar-refractivity contribution in [1.29, 1.82) is 0 Å². The van der Waals surface area contributed by atoms with E-state index in [4.69, 9.17) is 0 Å². The molecule has 0 bridgehead atoms. The van der Waals surface area contributed by atoms with Crippen molar-refractivity contribution in [3.63, 3.8) is 0 Å². The Labute approximate surface area is 168 Å². The molecule has 1 aliphatic rings. The molecular formula is C23H24FN3O2. The number of aryl methyl sites for hydroxylation is 1. The lowest BCUT2D eigenvalue weighted by Gasteiger charge is -2.29. The molecule has 6 heteroatoms. The standard InChI is InChI=1S/C23H24FN3O2/c1-15-6-7-16-13-17(22(28)26-21(16)12-15)14-27(20-4-2-3-5-20)23(29)25-19-10-8-18(24)9-11-19/h6-13,20H,2-5,14H2,1H3,(H,25,29)(H,26,28). The molecule has 4 rings (SSSR count). The van der Waals surface area contributed by atoms with E-state index in [1.54, 1.807) is 4.90 Å². The van der Waals surface area contributed by atoms with Gasteiger partial charge in [0.1, 0.15) is 5.82 Å². The van der Waals surface area contributed by atoms with Crippen LogP contribution in [0.2, 0.25) is 0 Å². The van der Waals surface area contributed by atoms with Crippen LogP contribution >= 0.6 is 0 Å². The van der Waals surface area contributed by atoms with E-state index in [-0.39, 0.29) is 30.0 Å². The SMILES string of the molecule is Cc1ccc2cc(CN(C(=O)Nc3ccc(F)cc3)C3CCCC3)c(=O)[nH]c2c1. The molecule has 1 heterocycles. The summed E-state index contributed by atoms with van der Waals surface area (Å²) in [6, 6.07) is 13.3. The summed E-state index contributed by atoms with van der Waals surface area (Å²) >= 11 is 0. The van der Waals surface area contributed by atoms with E-state index in [0.29, 0.717) is 11.3 Å². The fourth-order valence-electron chi connectivity index (χ4n) is 3.97. The highest BCUT2D eigenvalue weighted by atomic mass is 19.1. The second kappa shape index (κ2) is 8.07. The maximum absolute atomic E-state index is 13.2. The van der Waals surface area contributed by atoms with E-state index in [1.165, 1.54) is 24.3 Å². The van der Waals surface area contributed by atoms with Gasteiger partial charge in [-0.2, -0.15) is 0 Å². The number of carbonyl (C=O) groups excluding carboxylic acids is 1. The highest BCUT2D eigenvalue weighted by Gasteiger charge is 2.27. The molecule has 150 valence electrons. The molecule has 0 atom stereocenters. The molecule has 0 unspecified atom stereocenters. The number of urea groups is 1. The molecule has 3 aromatic rings. The normalized spacial score (nSPS) is 14.3. The van der Waals surface area contributed by atoms with Gasteiger partial charge in [0.25, 0.3) is 5.56 Å². The van der Waals surface area contributed by atoms with Crippen LogP contribution in [0.3, 0.4) is 0 Å². The zero-order valence-electron chi connectivity index (χ0n) is 16.4. The molecule has 1 fully saturated rings. The smallest absolute Gasteiger partial charge is 0.322 e. The lowest BCUT2D eigenvalue weighted by Crippen LogP contribution is -2.42. The van der Waals surface area contributed by atoms with Gasteiger partial charge in [0.05, 0.1) is 6.54 Å². The van der Waals surface area contributed by atoms with Gasteiger partial charge >= 0.3 is 6.03 Å². The maximum atomic E-state index is 13.2. The van der Waals surface area contributed by atoms with Crippen LogP contribution in [0.15, 0.2) is 53.3 Å². The van der Waals surface area contributed by atoms with Gasteiger partial charge in [-0.05, 0) is 67.1 Å². The van der Waals surface area contributed by atoms with Gasteiger partial charge in [0, 0.05) is 22.8 Å². The Balaban J connectivity index is 1.62. The number of carbonyl (C=O) groups is 1. The van der Waals surface area contributed by atoms with E-state index >= 15 is 0 Å². The van der Waals surface area contributed by atoms with Gasteiger partial charge in [0.15, 0.2) is 0 Å². The summed E-state index contributed by atoms with van der Waals surface area (Å²) in [5.41, 5.74) is 2.78. The Hall–Kier alpha value is -3.15. The second-order valence-electron chi connectivity index (χ2n) is 7.72. The molecule has 0 aliphatic heterocycles. The molecule has 0 spiro atoms. The van der Waals surface area contributed by atoms with Crippen LogP contribution in [0.1, 0.15) is 36.8 Å². The van der Waals surface area contributed by atoms with Crippen molar-refractivity contribution in [2.75, 3.05) is 5.32 Å². The third kappa shape index (κ3) is 4.31. The quantitative estimate of drug-likeness (QED) is 0.658. The van der Waals surface area contributed by atoms with Crippen molar-refractivity contribution in [3.05, 3.63) is 75.8 Å². The first kappa shape index (κ1) is 19.2. The summed E-state index contributed by atoms with van der Waals surface area (Å²) < 4.78 is 13.2. The number of pyridine rings is 1. The number of benzene rings is 2. The maximum Gasteiger partial charge on any atom is 0.322 e. The van der Waals surface area contributed by atoms with Crippen molar-refractivity contribution in [2.24, 2.45) is 0 Å². The molecule has 1 saturated carbocycles. The molecule has 1 aliphatic carbocycles. The van der Waals surface area contributed by atoms with Crippen LogP contribution in [0.5, 0.6) is 0 Å². The summed E-state index contributed by atoms with van der Waals surface area (Å²) in [7, 11) is 0. The number of rotatable bonds is 4. The van der Waals surface area contributed by atoms with Crippen molar-refractivity contribution in [3.8, 4) is 0 Å². The number of hydrogen-bond donors (Lipinski definition) is 2. The van der Waals surface area contributed by atoms with Gasteiger partial charge in [-0.15, -0.1) is 0 Å². The van der Waals surface area contributed by atoms with Crippen molar-refractivity contribution < 1.29 is 9.18 Å². The number of aromatic amines is 1. The fraction of sp³-hybridized carbons (Fsp3) is 0.304. The van der Waals surface area contributed by atoms with Crippen LogP contribution in [-0.2, 0) is 6.54 Å². The average Bonchev–Trinajstić information content (AvgIpc) is 3.22. The number of amides is 2. The van der Waals surface area contributed by atoms with E-state index < -0.39 is 0 Å². The van der Waals surface area contributed by atoms with Gasteiger partial charge in [0.2, 0.25) is 0 Å². The first-order chi connectivity index (χ1) is 14.0. The van der Waals surface area contributed by atoms with Crippen molar-refractivity contribution >= 4 is 22.6 Å². The summed E-state index contributed by atoms with van der Waals surface area (Å²) in [5, 5.41) is 3.78. The number of fused-ring (bicyclic) bond motifs is 1. The Morgan fingerprint density at radius 2 is 1.86 bits per heavy atom. The summed E-state index contributed by atoms with van der Waals surface area (Å²) in [6.45, 7) is 2.21. The Morgan fingerprint density at radius 1 is 1.14 bits per heavy atom. The Morgan fingerprint density at radius 3 is 2.59 bits per heavy atom. The number of H-pyrrole nitrogens is 1. The minimum Gasteiger partial charge on any atom is -0.322 e. The number of aromatic nitrogens is 1.